The van der Waals surface area contributed by atoms with Crippen LogP contribution in [0.4, 0.5) is 0 Å². The van der Waals surface area contributed by atoms with E-state index in [4.69, 9.17) is 12.2 Å². The zero-order valence-electron chi connectivity index (χ0n) is 17.7. The van der Waals surface area contributed by atoms with Gasteiger partial charge in [-0.1, -0.05) is 0 Å². The first-order valence-electron chi connectivity index (χ1n) is 9.86. The van der Waals surface area contributed by atoms with Gasteiger partial charge >= 0.3 is 180 Å². The van der Waals surface area contributed by atoms with E-state index in [9.17, 15) is 0 Å². The van der Waals surface area contributed by atoms with Crippen LogP contribution < -0.4 is 0 Å². The first kappa shape index (κ1) is 23.0. The molecule has 0 saturated heterocycles. The molecule has 3 heteroatoms. The van der Waals surface area contributed by atoms with Crippen LogP contribution in [-0.2, 0) is 23.7 Å². The summed E-state index contributed by atoms with van der Waals surface area (Å²) in [5.74, 6) is 0. The van der Waals surface area contributed by atoms with Gasteiger partial charge in [0.2, 0.25) is 0 Å². The number of hydrogen-bond donors (Lipinski definition) is 1. The average molecular weight is 466 g/mol. The number of thiol groups is 1. The molecule has 2 rings (SSSR count). The van der Waals surface area contributed by atoms with Crippen LogP contribution in [0.25, 0.3) is 0 Å². The second-order valence-electron chi connectivity index (χ2n) is 9.69. The van der Waals surface area contributed by atoms with Gasteiger partial charge in [-0.2, -0.15) is 0 Å². The molecule has 0 aliphatic carbocycles. The maximum atomic E-state index is 5.04. The van der Waals surface area contributed by atoms with Gasteiger partial charge in [0.25, 0.3) is 0 Å². The zero-order chi connectivity index (χ0) is 20.3. The van der Waals surface area contributed by atoms with Crippen molar-refractivity contribution in [2.75, 3.05) is 12.3 Å². The molecule has 0 spiro atoms. The Hall–Kier alpha value is -0.261. The quantitative estimate of drug-likeness (QED) is 0.265. The van der Waals surface area contributed by atoms with Gasteiger partial charge in [0.05, 0.1) is 0 Å². The van der Waals surface area contributed by atoms with Gasteiger partial charge in [-0.15, -0.1) is 0 Å². The minimum atomic E-state index is -1.29. The third-order valence-electron chi connectivity index (χ3n) is 5.14. The van der Waals surface area contributed by atoms with E-state index in [1.165, 1.54) is 22.3 Å². The van der Waals surface area contributed by atoms with Gasteiger partial charge in [-0.25, -0.2) is 0 Å². The SMILES string of the molecule is CC(C)(C)c1ccc(CCP(S)(=[Se])CCc2ccc(C(C)(C)C)cc2)cc1. The second-order valence-corrected chi connectivity index (χ2v) is 20.8. The molecule has 27 heavy (non-hydrogen) atoms. The van der Waals surface area contributed by atoms with Crippen molar-refractivity contribution in [1.29, 1.82) is 0 Å². The number of aryl methyl sites for hydroxylation is 2. The molecule has 0 fully saturated rings. The van der Waals surface area contributed by atoms with E-state index in [1.54, 1.807) is 0 Å². The summed E-state index contributed by atoms with van der Waals surface area (Å²) >= 11 is 8.48. The molecule has 148 valence electrons. The van der Waals surface area contributed by atoms with Gasteiger partial charge in [0.1, 0.15) is 0 Å². The van der Waals surface area contributed by atoms with Crippen molar-refractivity contribution < 1.29 is 0 Å². The fourth-order valence-corrected chi connectivity index (χ4v) is 6.25. The summed E-state index contributed by atoms with van der Waals surface area (Å²) in [5.41, 5.74) is 6.09. The minimum absolute atomic E-state index is 0.222. The average Bonchev–Trinajstić information content (AvgIpc) is 2.58. The Balaban J connectivity index is 1.88. The van der Waals surface area contributed by atoms with Crippen LogP contribution in [0.2, 0.25) is 0 Å². The molecule has 0 aliphatic heterocycles. The van der Waals surface area contributed by atoms with E-state index in [-0.39, 0.29) is 10.8 Å². The van der Waals surface area contributed by atoms with Crippen molar-refractivity contribution in [2.24, 2.45) is 0 Å². The molecule has 0 heterocycles. The molecule has 0 aromatic heterocycles. The summed E-state index contributed by atoms with van der Waals surface area (Å²) in [6.45, 7) is 13.6. The van der Waals surface area contributed by atoms with E-state index < -0.39 is 4.71 Å². The summed E-state index contributed by atoms with van der Waals surface area (Å²) < 4.78 is -1.29. The van der Waals surface area contributed by atoms with Crippen molar-refractivity contribution in [2.45, 2.75) is 65.2 Å². The standard InChI is InChI=1S/C24H35PSSe/c1-23(2,3)21-11-7-19(8-12-21)15-17-25(26,27)18-16-20-9-13-22(14-10-20)24(4,5)6/h7-14H,15-18H2,1-6H3,(H,26,27). The molecular weight excluding hydrogens is 430 g/mol. The predicted octanol–water partition coefficient (Wildman–Crippen LogP) is 7.01. The Bertz CT molecular complexity index is 712. The maximum absolute atomic E-state index is 5.04. The van der Waals surface area contributed by atoms with Crippen molar-refractivity contribution in [3.8, 4) is 0 Å². The van der Waals surface area contributed by atoms with E-state index in [2.05, 4.69) is 105 Å². The molecule has 0 saturated carbocycles. The van der Waals surface area contributed by atoms with Crippen LogP contribution in [0.3, 0.4) is 0 Å². The molecule has 0 unspecified atom stereocenters. The molecule has 0 N–H and O–H groups in total. The Labute approximate surface area is 179 Å². The first-order chi connectivity index (χ1) is 12.4. The van der Waals surface area contributed by atoms with E-state index >= 15 is 0 Å². The van der Waals surface area contributed by atoms with Crippen molar-refractivity contribution in [3.05, 3.63) is 70.8 Å². The van der Waals surface area contributed by atoms with Crippen molar-refractivity contribution in [3.63, 3.8) is 0 Å². The number of rotatable bonds is 6. The fraction of sp³-hybridized carbons (Fsp3) is 0.500. The van der Waals surface area contributed by atoms with Crippen LogP contribution in [0, 0.1) is 0 Å². The van der Waals surface area contributed by atoms with Crippen LogP contribution in [0.5, 0.6) is 0 Å². The summed E-state index contributed by atoms with van der Waals surface area (Å²) in [6, 6.07) is 18.3. The molecule has 0 radical (unpaired) electrons. The summed E-state index contributed by atoms with van der Waals surface area (Å²) in [4.78, 5) is 0. The van der Waals surface area contributed by atoms with Gasteiger partial charge in [-0.3, -0.25) is 0 Å². The molecular formula is C24H35PSSe. The van der Waals surface area contributed by atoms with Crippen molar-refractivity contribution >= 4 is 32.1 Å². The normalized spacial score (nSPS) is 13.0. The Morgan fingerprint density at radius 1 is 0.667 bits per heavy atom. The van der Waals surface area contributed by atoms with Gasteiger partial charge in [-0.05, 0) is 0 Å². The van der Waals surface area contributed by atoms with Crippen molar-refractivity contribution in [1.82, 2.24) is 0 Å². The van der Waals surface area contributed by atoms with Gasteiger partial charge in [0, 0.05) is 0 Å². The van der Waals surface area contributed by atoms with Crippen LogP contribution in [-0.4, -0.2) is 27.4 Å². The fourth-order valence-electron chi connectivity index (χ4n) is 3.06. The molecule has 0 nitrogen and oxygen atoms in total. The second kappa shape index (κ2) is 9.04. The van der Waals surface area contributed by atoms with E-state index in [0.29, 0.717) is 0 Å². The Kier molecular flexibility index (Phi) is 7.71. The summed E-state index contributed by atoms with van der Waals surface area (Å²) in [6.07, 6.45) is 4.53. The summed E-state index contributed by atoms with van der Waals surface area (Å²) in [7, 11) is 0. The van der Waals surface area contributed by atoms with Crippen LogP contribution in [0.15, 0.2) is 48.5 Å². The Morgan fingerprint density at radius 2 is 0.963 bits per heavy atom. The molecule has 0 aliphatic rings. The number of benzene rings is 2. The molecule has 0 atom stereocenters. The Morgan fingerprint density at radius 3 is 1.22 bits per heavy atom. The van der Waals surface area contributed by atoms with E-state index in [0.717, 1.165) is 25.2 Å². The summed E-state index contributed by atoms with van der Waals surface area (Å²) in [5, 5.41) is 0. The number of hydrogen-bond acceptors (Lipinski definition) is 1. The topological polar surface area (TPSA) is 0 Å². The van der Waals surface area contributed by atoms with Gasteiger partial charge in [0.15, 0.2) is 0 Å². The van der Waals surface area contributed by atoms with E-state index in [1.807, 2.05) is 0 Å². The first-order valence-corrected chi connectivity index (χ1v) is 15.4. The molecule has 2 aromatic rings. The van der Waals surface area contributed by atoms with Crippen LogP contribution >= 0.6 is 17.0 Å². The third-order valence-corrected chi connectivity index (χ3v) is 10.5. The molecule has 2 aromatic carbocycles. The van der Waals surface area contributed by atoms with Gasteiger partial charge < -0.3 is 0 Å². The molecule has 0 amide bonds. The monoisotopic (exact) mass is 466 g/mol. The predicted molar refractivity (Wildman–Crippen MR) is 129 cm³/mol. The zero-order valence-corrected chi connectivity index (χ0v) is 21.3. The molecule has 0 bridgehead atoms. The van der Waals surface area contributed by atoms with Crippen LogP contribution in [0.1, 0.15) is 63.8 Å². The third kappa shape index (κ3) is 7.58.